The number of likely N-dealkylation sites (N-methyl/N-ethyl adjacent to an activating group) is 1. The molecule has 0 amide bonds. The number of hydrogen-bond acceptors (Lipinski definition) is 7. The second kappa shape index (κ2) is 5.73. The van der Waals surface area contributed by atoms with Gasteiger partial charge in [-0.15, -0.1) is 0 Å². The fourth-order valence-corrected chi connectivity index (χ4v) is 3.51. The molecule has 0 saturated carbocycles. The van der Waals surface area contributed by atoms with Crippen molar-refractivity contribution < 1.29 is 4.74 Å². The van der Waals surface area contributed by atoms with Crippen molar-refractivity contribution in [1.82, 2.24) is 24.9 Å². The number of rotatable bonds is 2. The van der Waals surface area contributed by atoms with Gasteiger partial charge in [0.1, 0.15) is 11.9 Å². The molecule has 8 nitrogen and oxygen atoms in total. The number of hydrogen-bond donors (Lipinski definition) is 2. The normalized spacial score (nSPS) is 24.7. The Morgan fingerprint density at radius 2 is 2.35 bits per heavy atom. The van der Waals surface area contributed by atoms with Crippen LogP contribution >= 0.6 is 15.9 Å². The maximum absolute atomic E-state index is 6.26. The molecule has 0 bridgehead atoms. The van der Waals surface area contributed by atoms with Crippen LogP contribution in [0.3, 0.4) is 0 Å². The van der Waals surface area contributed by atoms with Crippen molar-refractivity contribution in [1.29, 1.82) is 0 Å². The highest BCUT2D eigenvalue weighted by molar-refractivity contribution is 9.10. The Morgan fingerprint density at radius 3 is 3.04 bits per heavy atom. The minimum absolute atomic E-state index is 0.118. The molecular formula is C14H18BrN7O. The highest BCUT2D eigenvalue weighted by Gasteiger charge is 2.27. The topological polar surface area (TPSA) is 93.1 Å². The number of morpholine rings is 1. The fourth-order valence-electron chi connectivity index (χ4n) is 3.00. The first kappa shape index (κ1) is 14.9. The van der Waals surface area contributed by atoms with Crippen molar-refractivity contribution in [2.24, 2.45) is 5.10 Å². The van der Waals surface area contributed by atoms with Crippen LogP contribution in [0.1, 0.15) is 23.3 Å². The minimum atomic E-state index is -0.118. The molecule has 0 spiro atoms. The number of anilines is 1. The standard InChI is InChI=1S/C14H18BrN7O/c1-21-7-8(4-18-21)9-5-19-22-13(16)11(15)12(20-14(9)22)10-6-17-2-3-23-10/h4-5,8,10,17H,2-3,6-7,16H2,1H3. The van der Waals surface area contributed by atoms with E-state index in [1.165, 1.54) is 0 Å². The van der Waals surface area contributed by atoms with Gasteiger partial charge in [-0.05, 0) is 15.9 Å². The highest BCUT2D eigenvalue weighted by Crippen LogP contribution is 2.33. The summed E-state index contributed by atoms with van der Waals surface area (Å²) in [7, 11) is 1.95. The molecule has 2 aliphatic rings. The summed E-state index contributed by atoms with van der Waals surface area (Å²) in [6.07, 6.45) is 3.63. The molecule has 4 rings (SSSR count). The van der Waals surface area contributed by atoms with Crippen molar-refractivity contribution in [3.63, 3.8) is 0 Å². The maximum Gasteiger partial charge on any atom is 0.161 e. The number of nitrogens with one attached hydrogen (secondary N) is 1. The van der Waals surface area contributed by atoms with Gasteiger partial charge in [0.25, 0.3) is 0 Å². The number of aromatic nitrogens is 3. The Balaban J connectivity index is 1.81. The number of fused-ring (bicyclic) bond motifs is 1. The van der Waals surface area contributed by atoms with Crippen molar-refractivity contribution in [3.05, 3.63) is 21.9 Å². The summed E-state index contributed by atoms with van der Waals surface area (Å²) in [5.74, 6) is 0.706. The zero-order valence-corrected chi connectivity index (χ0v) is 14.3. The Hall–Kier alpha value is -1.71. The number of nitrogens with two attached hydrogens (primary N) is 1. The summed E-state index contributed by atoms with van der Waals surface area (Å²) in [6, 6.07) is 0. The molecular weight excluding hydrogens is 362 g/mol. The molecule has 0 radical (unpaired) electrons. The smallest absolute Gasteiger partial charge is 0.161 e. The van der Waals surface area contributed by atoms with Gasteiger partial charge in [-0.2, -0.15) is 14.7 Å². The van der Waals surface area contributed by atoms with Crippen LogP contribution in [0, 0.1) is 0 Å². The van der Waals surface area contributed by atoms with Crippen LogP contribution in [0.2, 0.25) is 0 Å². The van der Waals surface area contributed by atoms with E-state index in [0.717, 1.165) is 41.0 Å². The van der Waals surface area contributed by atoms with Gasteiger partial charge in [-0.1, -0.05) is 0 Å². The van der Waals surface area contributed by atoms with Gasteiger partial charge in [0, 0.05) is 44.4 Å². The third-order valence-corrected chi connectivity index (χ3v) is 5.02. The minimum Gasteiger partial charge on any atom is -0.383 e. The molecule has 1 saturated heterocycles. The predicted octanol–water partition coefficient (Wildman–Crippen LogP) is 0.750. The lowest BCUT2D eigenvalue weighted by atomic mass is 10.0. The van der Waals surface area contributed by atoms with E-state index in [-0.39, 0.29) is 12.0 Å². The molecule has 23 heavy (non-hydrogen) atoms. The van der Waals surface area contributed by atoms with Crippen LogP contribution in [0.25, 0.3) is 5.65 Å². The molecule has 2 atom stereocenters. The van der Waals surface area contributed by atoms with Crippen LogP contribution in [0.5, 0.6) is 0 Å². The van der Waals surface area contributed by atoms with Crippen LogP contribution in [0.4, 0.5) is 5.82 Å². The Bertz CT molecular complexity index is 768. The SMILES string of the molecule is CN1CC(c2cnn3c(N)c(Br)c(C4CNCCO4)nc23)C=N1. The van der Waals surface area contributed by atoms with E-state index in [4.69, 9.17) is 15.5 Å². The lowest BCUT2D eigenvalue weighted by molar-refractivity contribution is 0.0247. The van der Waals surface area contributed by atoms with Crippen LogP contribution < -0.4 is 11.1 Å². The number of nitrogens with zero attached hydrogens (tertiary/aromatic N) is 5. The average molecular weight is 380 g/mol. The lowest BCUT2D eigenvalue weighted by Gasteiger charge is -2.24. The van der Waals surface area contributed by atoms with Crippen molar-refractivity contribution in [3.8, 4) is 0 Å². The van der Waals surface area contributed by atoms with E-state index in [1.807, 2.05) is 24.5 Å². The Morgan fingerprint density at radius 1 is 1.48 bits per heavy atom. The summed E-state index contributed by atoms with van der Waals surface area (Å²) in [5.41, 5.74) is 8.87. The van der Waals surface area contributed by atoms with Crippen LogP contribution in [-0.2, 0) is 4.74 Å². The van der Waals surface area contributed by atoms with Gasteiger partial charge >= 0.3 is 0 Å². The molecule has 0 aromatic carbocycles. The quantitative estimate of drug-likeness (QED) is 0.799. The second-order valence-electron chi connectivity index (χ2n) is 5.81. The van der Waals surface area contributed by atoms with E-state index < -0.39 is 0 Å². The van der Waals surface area contributed by atoms with Crippen LogP contribution in [0.15, 0.2) is 15.8 Å². The van der Waals surface area contributed by atoms with Crippen molar-refractivity contribution in [2.45, 2.75) is 12.0 Å². The van der Waals surface area contributed by atoms with Gasteiger partial charge < -0.3 is 15.8 Å². The first-order valence-corrected chi connectivity index (χ1v) is 8.34. The zero-order valence-electron chi connectivity index (χ0n) is 12.7. The summed E-state index contributed by atoms with van der Waals surface area (Å²) in [4.78, 5) is 4.82. The van der Waals surface area contributed by atoms with E-state index in [0.29, 0.717) is 12.4 Å². The summed E-state index contributed by atoms with van der Waals surface area (Å²) < 4.78 is 8.25. The maximum atomic E-state index is 6.26. The zero-order chi connectivity index (χ0) is 16.0. The lowest BCUT2D eigenvalue weighted by Crippen LogP contribution is -2.34. The van der Waals surface area contributed by atoms with Gasteiger partial charge in [-0.3, -0.25) is 5.01 Å². The Kier molecular flexibility index (Phi) is 3.70. The van der Waals surface area contributed by atoms with Gasteiger partial charge in [0.2, 0.25) is 0 Å². The number of hydrazone groups is 1. The largest absolute Gasteiger partial charge is 0.383 e. The fraction of sp³-hybridized carbons (Fsp3) is 0.500. The predicted molar refractivity (Wildman–Crippen MR) is 90.5 cm³/mol. The molecule has 2 aromatic heterocycles. The van der Waals surface area contributed by atoms with Gasteiger partial charge in [-0.25, -0.2) is 4.98 Å². The van der Waals surface area contributed by atoms with Crippen molar-refractivity contribution >= 4 is 33.6 Å². The molecule has 9 heteroatoms. The molecule has 0 aliphatic carbocycles. The first-order valence-electron chi connectivity index (χ1n) is 7.55. The van der Waals surface area contributed by atoms with Crippen LogP contribution in [-0.4, -0.2) is 59.1 Å². The Labute approximate surface area is 141 Å². The third kappa shape index (κ3) is 2.48. The second-order valence-corrected chi connectivity index (χ2v) is 6.60. The van der Waals surface area contributed by atoms with E-state index >= 15 is 0 Å². The van der Waals surface area contributed by atoms with Gasteiger partial charge in [0.05, 0.1) is 23.0 Å². The summed E-state index contributed by atoms with van der Waals surface area (Å²) in [5, 5.41) is 13.9. The van der Waals surface area contributed by atoms with E-state index in [9.17, 15) is 0 Å². The summed E-state index contributed by atoms with van der Waals surface area (Å²) in [6.45, 7) is 3.05. The number of nitrogen functional groups attached to an aromatic ring is 1. The molecule has 1 fully saturated rings. The summed E-state index contributed by atoms with van der Waals surface area (Å²) >= 11 is 3.55. The molecule has 4 heterocycles. The van der Waals surface area contributed by atoms with E-state index in [1.54, 1.807) is 4.52 Å². The molecule has 3 N–H and O–H groups in total. The van der Waals surface area contributed by atoms with Gasteiger partial charge in [0.15, 0.2) is 5.65 Å². The molecule has 2 unspecified atom stereocenters. The number of halogens is 1. The molecule has 2 aromatic rings. The monoisotopic (exact) mass is 379 g/mol. The molecule has 2 aliphatic heterocycles. The highest BCUT2D eigenvalue weighted by atomic mass is 79.9. The number of ether oxygens (including phenoxy) is 1. The molecule has 122 valence electrons. The average Bonchev–Trinajstić information content (AvgIpc) is 3.17. The first-order chi connectivity index (χ1) is 11.1. The van der Waals surface area contributed by atoms with Crippen molar-refractivity contribution in [2.75, 3.05) is 39.0 Å². The van der Waals surface area contributed by atoms with E-state index in [2.05, 4.69) is 31.4 Å². The third-order valence-electron chi connectivity index (χ3n) is 4.21.